The van der Waals surface area contributed by atoms with E-state index in [1.54, 1.807) is 6.08 Å². The average molecular weight is 230 g/mol. The van der Waals surface area contributed by atoms with Crippen LogP contribution < -0.4 is 0 Å². The van der Waals surface area contributed by atoms with Crippen molar-refractivity contribution in [2.75, 3.05) is 27.2 Å². The van der Waals surface area contributed by atoms with Gasteiger partial charge in [-0.25, -0.2) is 0 Å². The predicted molar refractivity (Wildman–Crippen MR) is 67.8 cm³/mol. The van der Waals surface area contributed by atoms with E-state index in [1.807, 2.05) is 25.1 Å². The van der Waals surface area contributed by atoms with Crippen molar-refractivity contribution >= 4 is 18.7 Å². The van der Waals surface area contributed by atoms with E-state index in [0.717, 1.165) is 6.54 Å². The molecule has 0 saturated carbocycles. The monoisotopic (exact) mass is 230 g/mol. The number of carbonyl (C=O) groups excluding carboxylic acids is 1. The summed E-state index contributed by atoms with van der Waals surface area (Å²) in [7, 11) is 3.92. The third-order valence-corrected chi connectivity index (χ3v) is 1.95. The van der Waals surface area contributed by atoms with Gasteiger partial charge in [0, 0.05) is 19.2 Å². The van der Waals surface area contributed by atoms with Crippen molar-refractivity contribution in [1.82, 2.24) is 9.21 Å². The van der Waals surface area contributed by atoms with Crippen LogP contribution in [0.15, 0.2) is 12.2 Å². The molecule has 15 heavy (non-hydrogen) atoms. The fourth-order valence-electron chi connectivity index (χ4n) is 0.978. The molecule has 0 radical (unpaired) electrons. The Balaban J connectivity index is 4.05. The van der Waals surface area contributed by atoms with E-state index in [1.165, 1.54) is 4.31 Å². The minimum Gasteiger partial charge on any atom is -0.306 e. The van der Waals surface area contributed by atoms with Crippen LogP contribution in [0.1, 0.15) is 20.8 Å². The molecule has 0 atom stereocenters. The molecule has 0 heterocycles. The quantitative estimate of drug-likeness (QED) is 0.588. The molecule has 0 saturated heterocycles. The third kappa shape index (κ3) is 8.51. The Morgan fingerprint density at radius 2 is 1.87 bits per heavy atom. The number of carbonyl (C=O) groups is 1. The highest BCUT2D eigenvalue weighted by Gasteiger charge is 2.16. The number of thiol groups is 1. The lowest BCUT2D eigenvalue weighted by Gasteiger charge is -2.24. The summed E-state index contributed by atoms with van der Waals surface area (Å²) >= 11 is 4.16. The normalized spacial score (nSPS) is 12.5. The summed E-state index contributed by atoms with van der Waals surface area (Å²) in [4.78, 5) is 13.5. The Labute approximate surface area is 98.7 Å². The van der Waals surface area contributed by atoms with Gasteiger partial charge in [-0.2, -0.15) is 0 Å². The van der Waals surface area contributed by atoms with E-state index in [9.17, 15) is 4.79 Å². The maximum Gasteiger partial charge on any atom is 0.255 e. The second-order valence-corrected chi connectivity index (χ2v) is 5.60. The zero-order chi connectivity index (χ0) is 12.1. The highest BCUT2D eigenvalue weighted by Crippen LogP contribution is 2.16. The summed E-state index contributed by atoms with van der Waals surface area (Å²) < 4.78 is 1.45. The third-order valence-electron chi connectivity index (χ3n) is 1.61. The summed E-state index contributed by atoms with van der Waals surface area (Å²) in [5.41, 5.74) is 0.0762. The summed E-state index contributed by atoms with van der Waals surface area (Å²) in [5.74, 6) is -0.0601. The lowest BCUT2D eigenvalue weighted by Crippen LogP contribution is -2.29. The zero-order valence-electron chi connectivity index (χ0n) is 10.3. The topological polar surface area (TPSA) is 23.6 Å². The number of amides is 1. The van der Waals surface area contributed by atoms with E-state index < -0.39 is 0 Å². The molecule has 3 nitrogen and oxygen atoms in total. The van der Waals surface area contributed by atoms with Crippen molar-refractivity contribution in [2.45, 2.75) is 20.8 Å². The molecule has 0 aromatic rings. The number of rotatable bonds is 4. The minimum atomic E-state index is -0.0601. The molecule has 0 aromatic heterocycles. The highest BCUT2D eigenvalue weighted by atomic mass is 32.1. The second-order valence-electron chi connectivity index (χ2n) is 5.12. The largest absolute Gasteiger partial charge is 0.306 e. The van der Waals surface area contributed by atoms with Crippen molar-refractivity contribution in [3.8, 4) is 0 Å². The van der Waals surface area contributed by atoms with Gasteiger partial charge in [0.2, 0.25) is 0 Å². The first-order valence-electron chi connectivity index (χ1n) is 5.04. The molecular weight excluding hydrogens is 208 g/mol. The molecule has 0 rings (SSSR count). The van der Waals surface area contributed by atoms with Gasteiger partial charge < -0.3 is 4.90 Å². The van der Waals surface area contributed by atoms with Crippen molar-refractivity contribution in [3.63, 3.8) is 0 Å². The predicted octanol–water partition coefficient (Wildman–Crippen LogP) is 1.82. The molecule has 0 unspecified atom stereocenters. The first kappa shape index (κ1) is 14.5. The van der Waals surface area contributed by atoms with Gasteiger partial charge in [-0.3, -0.25) is 9.10 Å². The molecule has 0 aliphatic heterocycles. The maximum atomic E-state index is 11.5. The van der Waals surface area contributed by atoms with Crippen LogP contribution in [0.2, 0.25) is 0 Å². The Bertz CT molecular complexity index is 231. The van der Waals surface area contributed by atoms with Gasteiger partial charge >= 0.3 is 0 Å². The van der Waals surface area contributed by atoms with E-state index in [2.05, 4.69) is 33.6 Å². The molecule has 0 bridgehead atoms. The van der Waals surface area contributed by atoms with Crippen LogP contribution in [0.3, 0.4) is 0 Å². The Kier molecular flexibility index (Phi) is 5.98. The van der Waals surface area contributed by atoms with E-state index in [-0.39, 0.29) is 11.3 Å². The highest BCUT2D eigenvalue weighted by molar-refractivity contribution is 7.78. The Hall–Kier alpha value is -0.480. The molecule has 0 N–H and O–H groups in total. The molecule has 4 heteroatoms. The minimum absolute atomic E-state index is 0.0601. The van der Waals surface area contributed by atoms with Gasteiger partial charge in [0.05, 0.1) is 0 Å². The molecule has 0 fully saturated rings. The molecule has 88 valence electrons. The van der Waals surface area contributed by atoms with Gasteiger partial charge in [-0.1, -0.05) is 39.7 Å². The molecule has 0 aliphatic rings. The van der Waals surface area contributed by atoms with Crippen LogP contribution in [-0.4, -0.2) is 42.3 Å². The van der Waals surface area contributed by atoms with Crippen LogP contribution in [0, 0.1) is 5.41 Å². The summed E-state index contributed by atoms with van der Waals surface area (Å²) in [6.45, 7) is 7.64. The second kappa shape index (κ2) is 6.18. The van der Waals surface area contributed by atoms with Crippen molar-refractivity contribution in [2.24, 2.45) is 5.41 Å². The van der Waals surface area contributed by atoms with E-state index in [4.69, 9.17) is 0 Å². The first-order chi connectivity index (χ1) is 6.72. The molecule has 0 aromatic carbocycles. The van der Waals surface area contributed by atoms with Gasteiger partial charge in [0.25, 0.3) is 5.91 Å². The number of hydrogen-bond donors (Lipinski definition) is 1. The van der Waals surface area contributed by atoms with Crippen molar-refractivity contribution < 1.29 is 4.79 Å². The van der Waals surface area contributed by atoms with Crippen molar-refractivity contribution in [3.05, 3.63) is 12.2 Å². The molecule has 0 spiro atoms. The van der Waals surface area contributed by atoms with Gasteiger partial charge in [0.15, 0.2) is 0 Å². The SMILES string of the molecule is CN(C)C/C=C/C(=O)N(S)CC(C)(C)C. The van der Waals surface area contributed by atoms with Gasteiger partial charge in [0.1, 0.15) is 0 Å². The standard InChI is InChI=1S/C11H22N2OS/c1-11(2,3)9-13(15)10(14)7-6-8-12(4)5/h6-7,15H,8-9H2,1-5H3/b7-6+. The summed E-state index contributed by atoms with van der Waals surface area (Å²) in [5, 5.41) is 0. The Morgan fingerprint density at radius 1 is 1.33 bits per heavy atom. The van der Waals surface area contributed by atoms with Gasteiger partial charge in [-0.05, 0) is 19.5 Å². The zero-order valence-corrected chi connectivity index (χ0v) is 11.2. The van der Waals surface area contributed by atoms with Crippen LogP contribution in [-0.2, 0) is 4.79 Å². The number of likely N-dealkylation sites (N-methyl/N-ethyl adjacent to an activating group) is 1. The molecule has 0 aliphatic carbocycles. The van der Waals surface area contributed by atoms with Gasteiger partial charge in [-0.15, -0.1) is 0 Å². The number of hydrogen-bond acceptors (Lipinski definition) is 3. The lowest BCUT2D eigenvalue weighted by atomic mass is 9.97. The Morgan fingerprint density at radius 3 is 2.27 bits per heavy atom. The van der Waals surface area contributed by atoms with Crippen LogP contribution in [0.25, 0.3) is 0 Å². The fraction of sp³-hybridized carbons (Fsp3) is 0.727. The van der Waals surface area contributed by atoms with E-state index >= 15 is 0 Å². The first-order valence-corrected chi connectivity index (χ1v) is 5.44. The summed E-state index contributed by atoms with van der Waals surface area (Å²) in [6, 6.07) is 0. The van der Waals surface area contributed by atoms with Crippen LogP contribution in [0.5, 0.6) is 0 Å². The van der Waals surface area contributed by atoms with E-state index in [0.29, 0.717) is 6.54 Å². The molecule has 1 amide bonds. The molecular formula is C11H22N2OS. The summed E-state index contributed by atoms with van der Waals surface area (Å²) in [6.07, 6.45) is 3.41. The number of nitrogens with zero attached hydrogens (tertiary/aromatic N) is 2. The lowest BCUT2D eigenvalue weighted by molar-refractivity contribution is -0.121. The maximum absolute atomic E-state index is 11.5. The van der Waals surface area contributed by atoms with Crippen molar-refractivity contribution in [1.29, 1.82) is 0 Å². The van der Waals surface area contributed by atoms with Crippen LogP contribution in [0.4, 0.5) is 0 Å². The fourth-order valence-corrected chi connectivity index (χ4v) is 1.47. The van der Waals surface area contributed by atoms with Crippen LogP contribution >= 0.6 is 12.8 Å². The average Bonchev–Trinajstić information content (AvgIpc) is 1.99. The smallest absolute Gasteiger partial charge is 0.255 e.